The molecule has 0 aliphatic carbocycles. The molecule has 7 heteroatoms. The normalized spacial score (nSPS) is 12.9. The van der Waals surface area contributed by atoms with Gasteiger partial charge in [0.25, 0.3) is 5.91 Å². The van der Waals surface area contributed by atoms with Crippen LogP contribution in [0.25, 0.3) is 22.2 Å². The maximum Gasteiger partial charge on any atom is 0.339 e. The average Bonchev–Trinajstić information content (AvgIpc) is 3.31. The fourth-order valence-corrected chi connectivity index (χ4v) is 3.60. The minimum absolute atomic E-state index is 0.144. The lowest BCUT2D eigenvalue weighted by Crippen LogP contribution is -2.30. The molecule has 0 spiro atoms. The molecule has 0 bridgehead atoms. The van der Waals surface area contributed by atoms with Crippen LogP contribution < -0.4 is 14.8 Å². The van der Waals surface area contributed by atoms with Crippen molar-refractivity contribution in [3.05, 3.63) is 84.4 Å². The predicted octanol–water partition coefficient (Wildman–Crippen LogP) is 4.81. The van der Waals surface area contributed by atoms with E-state index in [1.165, 1.54) is 6.92 Å². The van der Waals surface area contributed by atoms with Gasteiger partial charge in [-0.15, -0.1) is 0 Å². The summed E-state index contributed by atoms with van der Waals surface area (Å²) < 4.78 is 16.1. The highest BCUT2D eigenvalue weighted by Crippen LogP contribution is 2.34. The second-order valence-electron chi connectivity index (χ2n) is 7.54. The zero-order valence-electron chi connectivity index (χ0n) is 17.8. The first kappa shape index (κ1) is 20.5. The Balaban J connectivity index is 1.37. The Morgan fingerprint density at radius 3 is 2.55 bits per heavy atom. The lowest BCUT2D eigenvalue weighted by atomic mass is 10.0. The number of carbonyl (C=O) groups excluding carboxylic acids is 2. The number of ether oxygens (including phenoxy) is 3. The number of nitrogens with one attached hydrogen (secondary N) is 1. The summed E-state index contributed by atoms with van der Waals surface area (Å²) in [5.74, 6) is 0.114. The maximum absolute atomic E-state index is 13.1. The van der Waals surface area contributed by atoms with Crippen molar-refractivity contribution in [3.8, 4) is 22.8 Å². The first-order valence-electron chi connectivity index (χ1n) is 10.5. The molecule has 1 amide bonds. The van der Waals surface area contributed by atoms with Crippen LogP contribution in [0.1, 0.15) is 17.3 Å². The standard InChI is InChI=1S/C26H20N2O5/c1-16(25(29)27-18-11-12-23-24(13-18)32-15-31-23)33-26(30)20-14-22(17-7-3-2-4-8-17)28-21-10-6-5-9-19(20)21/h2-14,16H,15H2,1H3,(H,27,29). The molecule has 1 unspecified atom stereocenters. The highest BCUT2D eigenvalue weighted by atomic mass is 16.7. The summed E-state index contributed by atoms with van der Waals surface area (Å²) in [6, 6.07) is 23.7. The van der Waals surface area contributed by atoms with E-state index in [4.69, 9.17) is 14.2 Å². The van der Waals surface area contributed by atoms with Crippen LogP contribution in [-0.4, -0.2) is 29.8 Å². The molecule has 33 heavy (non-hydrogen) atoms. The first-order valence-corrected chi connectivity index (χ1v) is 10.5. The number of benzene rings is 3. The summed E-state index contributed by atoms with van der Waals surface area (Å²) in [6.07, 6.45) is -1.02. The molecule has 0 fully saturated rings. The van der Waals surface area contributed by atoms with Gasteiger partial charge in [-0.1, -0.05) is 48.5 Å². The molecular weight excluding hydrogens is 420 g/mol. The molecular formula is C26H20N2O5. The van der Waals surface area contributed by atoms with E-state index in [9.17, 15) is 9.59 Å². The number of pyridine rings is 1. The van der Waals surface area contributed by atoms with E-state index < -0.39 is 18.0 Å². The van der Waals surface area contributed by atoms with Crippen LogP contribution >= 0.6 is 0 Å². The number of carbonyl (C=O) groups is 2. The molecule has 0 radical (unpaired) electrons. The minimum Gasteiger partial charge on any atom is -0.454 e. The average molecular weight is 440 g/mol. The molecule has 164 valence electrons. The number of esters is 1. The van der Waals surface area contributed by atoms with Crippen LogP contribution in [0.15, 0.2) is 78.9 Å². The molecule has 2 heterocycles. The van der Waals surface area contributed by atoms with Crippen LogP contribution in [0.3, 0.4) is 0 Å². The van der Waals surface area contributed by atoms with E-state index in [0.29, 0.717) is 39.3 Å². The Bertz CT molecular complexity index is 1350. The summed E-state index contributed by atoms with van der Waals surface area (Å²) in [6.45, 7) is 1.67. The van der Waals surface area contributed by atoms with Crippen LogP contribution in [0.2, 0.25) is 0 Å². The number of hydrogen-bond donors (Lipinski definition) is 1. The Morgan fingerprint density at radius 2 is 1.70 bits per heavy atom. The van der Waals surface area contributed by atoms with Gasteiger partial charge in [0, 0.05) is 22.7 Å². The van der Waals surface area contributed by atoms with Crippen LogP contribution in [0.5, 0.6) is 11.5 Å². The second-order valence-corrected chi connectivity index (χ2v) is 7.54. The number of para-hydroxylation sites is 1. The zero-order chi connectivity index (χ0) is 22.8. The van der Waals surface area contributed by atoms with Gasteiger partial charge in [0.05, 0.1) is 16.8 Å². The number of aromatic nitrogens is 1. The van der Waals surface area contributed by atoms with Crippen molar-refractivity contribution in [2.24, 2.45) is 0 Å². The number of nitrogens with zero attached hydrogens (tertiary/aromatic N) is 1. The first-order chi connectivity index (χ1) is 16.1. The zero-order valence-corrected chi connectivity index (χ0v) is 17.8. The van der Waals surface area contributed by atoms with E-state index in [-0.39, 0.29) is 6.79 Å². The van der Waals surface area contributed by atoms with Gasteiger partial charge in [0.1, 0.15) is 0 Å². The van der Waals surface area contributed by atoms with Gasteiger partial charge in [-0.2, -0.15) is 0 Å². The number of fused-ring (bicyclic) bond motifs is 2. The molecule has 5 rings (SSSR count). The molecule has 0 saturated carbocycles. The fourth-order valence-electron chi connectivity index (χ4n) is 3.60. The molecule has 1 N–H and O–H groups in total. The number of anilines is 1. The summed E-state index contributed by atoms with van der Waals surface area (Å²) in [7, 11) is 0. The van der Waals surface area contributed by atoms with E-state index in [1.54, 1.807) is 24.3 Å². The monoisotopic (exact) mass is 440 g/mol. The van der Waals surface area contributed by atoms with Gasteiger partial charge < -0.3 is 19.5 Å². The maximum atomic E-state index is 13.1. The second kappa shape index (κ2) is 8.63. The third kappa shape index (κ3) is 4.21. The smallest absolute Gasteiger partial charge is 0.339 e. The predicted molar refractivity (Wildman–Crippen MR) is 123 cm³/mol. The lowest BCUT2D eigenvalue weighted by Gasteiger charge is -2.15. The van der Waals surface area contributed by atoms with Gasteiger partial charge in [0.2, 0.25) is 6.79 Å². The minimum atomic E-state index is -1.02. The lowest BCUT2D eigenvalue weighted by molar-refractivity contribution is -0.123. The fraction of sp³-hybridized carbons (Fsp3) is 0.115. The summed E-state index contributed by atoms with van der Waals surface area (Å²) in [4.78, 5) is 30.4. The van der Waals surface area contributed by atoms with Crippen LogP contribution in [0, 0.1) is 0 Å². The van der Waals surface area contributed by atoms with Gasteiger partial charge in [0.15, 0.2) is 17.6 Å². The number of amides is 1. The topological polar surface area (TPSA) is 86.8 Å². The highest BCUT2D eigenvalue weighted by Gasteiger charge is 2.22. The Kier molecular flexibility index (Phi) is 5.36. The van der Waals surface area contributed by atoms with Crippen molar-refractivity contribution in [3.63, 3.8) is 0 Å². The van der Waals surface area contributed by atoms with Gasteiger partial charge >= 0.3 is 5.97 Å². The van der Waals surface area contributed by atoms with Crippen LogP contribution in [-0.2, 0) is 9.53 Å². The quantitative estimate of drug-likeness (QED) is 0.448. The molecule has 7 nitrogen and oxygen atoms in total. The van der Waals surface area contributed by atoms with Gasteiger partial charge in [-0.3, -0.25) is 4.79 Å². The molecule has 3 aromatic carbocycles. The van der Waals surface area contributed by atoms with Crippen molar-refractivity contribution in [1.82, 2.24) is 4.98 Å². The molecule has 1 aromatic heterocycles. The van der Waals surface area contributed by atoms with E-state index >= 15 is 0 Å². The molecule has 4 aromatic rings. The van der Waals surface area contributed by atoms with Crippen molar-refractivity contribution in [2.75, 3.05) is 12.1 Å². The van der Waals surface area contributed by atoms with Crippen molar-refractivity contribution >= 4 is 28.5 Å². The summed E-state index contributed by atoms with van der Waals surface area (Å²) in [5, 5.41) is 3.40. The SMILES string of the molecule is CC(OC(=O)c1cc(-c2ccccc2)nc2ccccc12)C(=O)Nc1ccc2c(c1)OCO2. The largest absolute Gasteiger partial charge is 0.454 e. The molecule has 1 aliphatic heterocycles. The van der Waals surface area contributed by atoms with Gasteiger partial charge in [-0.25, -0.2) is 9.78 Å². The number of rotatable bonds is 5. The highest BCUT2D eigenvalue weighted by molar-refractivity contribution is 6.06. The van der Waals surface area contributed by atoms with Crippen LogP contribution in [0.4, 0.5) is 5.69 Å². The summed E-state index contributed by atoms with van der Waals surface area (Å²) in [5.41, 5.74) is 3.07. The molecule has 0 saturated heterocycles. The Morgan fingerprint density at radius 1 is 0.939 bits per heavy atom. The molecule has 1 atom stereocenters. The van der Waals surface area contributed by atoms with E-state index in [0.717, 1.165) is 5.56 Å². The third-order valence-electron chi connectivity index (χ3n) is 5.30. The van der Waals surface area contributed by atoms with E-state index in [2.05, 4.69) is 10.3 Å². The number of hydrogen-bond acceptors (Lipinski definition) is 6. The Hall–Kier alpha value is -4.39. The van der Waals surface area contributed by atoms with Crippen molar-refractivity contribution < 1.29 is 23.8 Å². The third-order valence-corrected chi connectivity index (χ3v) is 5.30. The molecule has 1 aliphatic rings. The van der Waals surface area contributed by atoms with Crippen molar-refractivity contribution in [2.45, 2.75) is 13.0 Å². The van der Waals surface area contributed by atoms with E-state index in [1.807, 2.05) is 54.6 Å². The summed E-state index contributed by atoms with van der Waals surface area (Å²) >= 11 is 0. The Labute approximate surface area is 189 Å². The van der Waals surface area contributed by atoms with Gasteiger partial charge in [-0.05, 0) is 31.2 Å². The van der Waals surface area contributed by atoms with Crippen molar-refractivity contribution in [1.29, 1.82) is 0 Å².